The van der Waals surface area contributed by atoms with Gasteiger partial charge >= 0.3 is 0 Å². The summed E-state index contributed by atoms with van der Waals surface area (Å²) in [5.74, 6) is -0.548. The van der Waals surface area contributed by atoms with E-state index in [4.69, 9.17) is 19.9 Å². The van der Waals surface area contributed by atoms with E-state index in [0.717, 1.165) is 0 Å². The van der Waals surface area contributed by atoms with Gasteiger partial charge in [-0.2, -0.15) is 0 Å². The Morgan fingerprint density at radius 2 is 1.63 bits per heavy atom. The molecule has 0 aliphatic rings. The summed E-state index contributed by atoms with van der Waals surface area (Å²) in [6.07, 6.45) is 0. The van der Waals surface area contributed by atoms with Crippen LogP contribution in [-0.2, 0) is 14.8 Å². The van der Waals surface area contributed by atoms with Crippen molar-refractivity contribution in [3.63, 3.8) is 0 Å². The predicted octanol–water partition coefficient (Wildman–Crippen LogP) is 1.12. The van der Waals surface area contributed by atoms with E-state index in [1.165, 1.54) is 50.6 Å². The third kappa shape index (κ3) is 5.54. The van der Waals surface area contributed by atoms with Gasteiger partial charge in [-0.15, -0.1) is 0 Å². The fourth-order valence-corrected chi connectivity index (χ4v) is 3.57. The standard InChI is InChI=1S/C19H23N3O7S/c1-4-29-12-5-7-13(8-6-12)30(25,26)22-15-10-17(28-3)16(27-2)9-14(15)19(24)21-11-18(20)23/h5-10,22H,4,11H2,1-3H3,(H2,20,23)(H,21,24). The third-order valence-corrected chi connectivity index (χ3v) is 5.26. The average molecular weight is 437 g/mol. The summed E-state index contributed by atoms with van der Waals surface area (Å²) in [5.41, 5.74) is 4.90. The highest BCUT2D eigenvalue weighted by atomic mass is 32.2. The summed E-state index contributed by atoms with van der Waals surface area (Å²) >= 11 is 0. The van der Waals surface area contributed by atoms with Crippen LogP contribution in [0.4, 0.5) is 5.69 Å². The molecule has 2 aromatic rings. The first-order valence-electron chi connectivity index (χ1n) is 8.80. The monoisotopic (exact) mass is 437 g/mol. The van der Waals surface area contributed by atoms with E-state index in [0.29, 0.717) is 12.4 Å². The number of methoxy groups -OCH3 is 2. The largest absolute Gasteiger partial charge is 0.494 e. The Morgan fingerprint density at radius 3 is 2.17 bits per heavy atom. The quantitative estimate of drug-likeness (QED) is 0.505. The molecule has 2 rings (SSSR count). The number of benzene rings is 2. The van der Waals surface area contributed by atoms with Crippen LogP contribution in [0.3, 0.4) is 0 Å². The smallest absolute Gasteiger partial charge is 0.261 e. The Morgan fingerprint density at radius 1 is 1.03 bits per heavy atom. The van der Waals surface area contributed by atoms with Gasteiger partial charge in [0.15, 0.2) is 11.5 Å². The molecule has 0 aliphatic carbocycles. The van der Waals surface area contributed by atoms with Gasteiger partial charge in [-0.1, -0.05) is 0 Å². The minimum atomic E-state index is -4.05. The molecule has 0 unspecified atom stereocenters. The Labute approximate surface area is 174 Å². The highest BCUT2D eigenvalue weighted by Crippen LogP contribution is 2.34. The first-order valence-corrected chi connectivity index (χ1v) is 10.3. The maximum Gasteiger partial charge on any atom is 0.261 e. The SMILES string of the molecule is CCOc1ccc(S(=O)(=O)Nc2cc(OC)c(OC)cc2C(=O)NCC(N)=O)cc1. The van der Waals surface area contributed by atoms with Crippen molar-refractivity contribution in [1.82, 2.24) is 5.32 Å². The summed E-state index contributed by atoms with van der Waals surface area (Å²) in [4.78, 5) is 23.4. The van der Waals surface area contributed by atoms with Crippen LogP contribution in [0.1, 0.15) is 17.3 Å². The Bertz CT molecular complexity index is 1020. The van der Waals surface area contributed by atoms with Crippen molar-refractivity contribution >= 4 is 27.5 Å². The third-order valence-electron chi connectivity index (χ3n) is 3.88. The molecule has 2 aromatic carbocycles. The summed E-state index contributed by atoms with van der Waals surface area (Å²) in [6, 6.07) is 8.40. The van der Waals surface area contributed by atoms with E-state index in [1.54, 1.807) is 0 Å². The molecule has 0 atom stereocenters. The summed E-state index contributed by atoms with van der Waals surface area (Å²) < 4.78 is 43.7. The number of ether oxygens (including phenoxy) is 3. The van der Waals surface area contributed by atoms with Gasteiger partial charge in [0.1, 0.15) is 5.75 Å². The number of hydrogen-bond acceptors (Lipinski definition) is 7. The second-order valence-corrected chi connectivity index (χ2v) is 7.59. The second kappa shape index (κ2) is 9.83. The topological polar surface area (TPSA) is 146 Å². The van der Waals surface area contributed by atoms with E-state index < -0.39 is 28.4 Å². The maximum atomic E-state index is 12.8. The number of rotatable bonds is 10. The van der Waals surface area contributed by atoms with Crippen molar-refractivity contribution in [3.05, 3.63) is 42.0 Å². The van der Waals surface area contributed by atoms with Gasteiger partial charge in [0.2, 0.25) is 5.91 Å². The maximum absolute atomic E-state index is 12.8. The number of sulfonamides is 1. The average Bonchev–Trinajstić information content (AvgIpc) is 2.72. The minimum Gasteiger partial charge on any atom is -0.494 e. The van der Waals surface area contributed by atoms with Gasteiger partial charge in [-0.3, -0.25) is 14.3 Å². The molecule has 2 amide bonds. The van der Waals surface area contributed by atoms with E-state index in [9.17, 15) is 18.0 Å². The van der Waals surface area contributed by atoms with Gasteiger partial charge in [0.25, 0.3) is 15.9 Å². The molecule has 0 fully saturated rings. The number of amides is 2. The number of nitrogens with two attached hydrogens (primary N) is 1. The van der Waals surface area contributed by atoms with E-state index in [1.807, 2.05) is 6.92 Å². The molecule has 10 nitrogen and oxygen atoms in total. The molecule has 30 heavy (non-hydrogen) atoms. The van der Waals surface area contributed by atoms with Crippen molar-refractivity contribution in [2.24, 2.45) is 5.73 Å². The molecule has 4 N–H and O–H groups in total. The summed E-state index contributed by atoms with van der Waals surface area (Å²) in [7, 11) is -1.31. The van der Waals surface area contributed by atoms with Crippen molar-refractivity contribution in [2.45, 2.75) is 11.8 Å². The lowest BCUT2D eigenvalue weighted by Crippen LogP contribution is -2.33. The molecule has 0 bridgehead atoms. The van der Waals surface area contributed by atoms with Gasteiger partial charge in [-0.05, 0) is 37.3 Å². The van der Waals surface area contributed by atoms with Crippen LogP contribution in [-0.4, -0.2) is 47.6 Å². The molecule has 0 heterocycles. The molecular weight excluding hydrogens is 414 g/mol. The van der Waals surface area contributed by atoms with Crippen LogP contribution in [0.5, 0.6) is 17.2 Å². The van der Waals surface area contributed by atoms with Gasteiger partial charge in [-0.25, -0.2) is 8.42 Å². The first-order chi connectivity index (χ1) is 14.2. The molecule has 162 valence electrons. The number of carbonyl (C=O) groups is 2. The van der Waals surface area contributed by atoms with Gasteiger partial charge in [0.05, 0.1) is 43.5 Å². The van der Waals surface area contributed by atoms with Crippen LogP contribution in [0, 0.1) is 0 Å². The van der Waals surface area contributed by atoms with Crippen LogP contribution in [0.2, 0.25) is 0 Å². The lowest BCUT2D eigenvalue weighted by atomic mass is 10.1. The lowest BCUT2D eigenvalue weighted by Gasteiger charge is -2.16. The number of carbonyl (C=O) groups excluding carboxylic acids is 2. The summed E-state index contributed by atoms with van der Waals surface area (Å²) in [5, 5.41) is 2.31. The Balaban J connectivity index is 2.44. The van der Waals surface area contributed by atoms with E-state index in [-0.39, 0.29) is 27.6 Å². The highest BCUT2D eigenvalue weighted by molar-refractivity contribution is 7.92. The Hall–Kier alpha value is -3.47. The molecule has 0 saturated heterocycles. The molecule has 11 heteroatoms. The van der Waals surface area contributed by atoms with Crippen LogP contribution < -0.4 is 30.0 Å². The zero-order valence-electron chi connectivity index (χ0n) is 16.7. The molecule has 0 saturated carbocycles. The van der Waals surface area contributed by atoms with Crippen molar-refractivity contribution < 1.29 is 32.2 Å². The second-order valence-electron chi connectivity index (χ2n) is 5.91. The zero-order valence-corrected chi connectivity index (χ0v) is 17.5. The van der Waals surface area contributed by atoms with Gasteiger partial charge in [0, 0.05) is 6.07 Å². The molecular formula is C19H23N3O7S. The number of nitrogens with one attached hydrogen (secondary N) is 2. The first kappa shape index (κ1) is 22.8. The minimum absolute atomic E-state index is 0.0377. The van der Waals surface area contributed by atoms with Crippen LogP contribution in [0.15, 0.2) is 41.3 Å². The molecule has 0 aromatic heterocycles. The lowest BCUT2D eigenvalue weighted by molar-refractivity contribution is -0.117. The van der Waals surface area contributed by atoms with E-state index >= 15 is 0 Å². The zero-order chi connectivity index (χ0) is 22.3. The fraction of sp³-hybridized carbons (Fsp3) is 0.263. The summed E-state index contributed by atoms with van der Waals surface area (Å²) in [6.45, 7) is 1.84. The predicted molar refractivity (Wildman–Crippen MR) is 109 cm³/mol. The van der Waals surface area contributed by atoms with Gasteiger partial charge < -0.3 is 25.3 Å². The van der Waals surface area contributed by atoms with Crippen LogP contribution in [0.25, 0.3) is 0 Å². The highest BCUT2D eigenvalue weighted by Gasteiger charge is 2.22. The number of primary amides is 1. The number of hydrogen-bond donors (Lipinski definition) is 3. The van der Waals surface area contributed by atoms with E-state index in [2.05, 4.69) is 10.0 Å². The number of anilines is 1. The molecule has 0 aliphatic heterocycles. The van der Waals surface area contributed by atoms with Crippen molar-refractivity contribution in [3.8, 4) is 17.2 Å². The Kier molecular flexibility index (Phi) is 7.48. The van der Waals surface area contributed by atoms with Crippen molar-refractivity contribution in [2.75, 3.05) is 32.1 Å². The fourth-order valence-electron chi connectivity index (χ4n) is 2.50. The van der Waals surface area contributed by atoms with Crippen molar-refractivity contribution in [1.29, 1.82) is 0 Å². The normalized spacial score (nSPS) is 10.8. The molecule has 0 spiro atoms. The van der Waals surface area contributed by atoms with Crippen LogP contribution >= 0.6 is 0 Å². The molecule has 0 radical (unpaired) electrons.